The van der Waals surface area contributed by atoms with Crippen LogP contribution in [-0.2, 0) is 11.3 Å². The van der Waals surface area contributed by atoms with E-state index in [1.54, 1.807) is 6.20 Å². The van der Waals surface area contributed by atoms with Gasteiger partial charge in [0, 0.05) is 17.5 Å². The van der Waals surface area contributed by atoms with E-state index < -0.39 is 6.09 Å². The molecule has 0 saturated carbocycles. The van der Waals surface area contributed by atoms with E-state index in [-0.39, 0.29) is 13.2 Å². The predicted octanol–water partition coefficient (Wildman–Crippen LogP) is 2.67. The van der Waals surface area contributed by atoms with Crippen LogP contribution in [-0.4, -0.2) is 17.6 Å². The molecule has 0 spiro atoms. The second-order valence-electron chi connectivity index (χ2n) is 4.40. The van der Waals surface area contributed by atoms with Crippen LogP contribution in [0.15, 0.2) is 48.7 Å². The van der Waals surface area contributed by atoms with Crippen LogP contribution in [0.2, 0.25) is 0 Å². The summed E-state index contributed by atoms with van der Waals surface area (Å²) in [6, 6.07) is 13.2. The number of benzene rings is 1. The zero-order chi connectivity index (χ0) is 14.9. The van der Waals surface area contributed by atoms with Crippen molar-refractivity contribution in [3.63, 3.8) is 0 Å². The van der Waals surface area contributed by atoms with E-state index in [9.17, 15) is 4.79 Å². The molecule has 0 fully saturated rings. The highest BCUT2D eigenvalue weighted by atomic mass is 16.5. The number of hydrogen-bond donors (Lipinski definition) is 1. The van der Waals surface area contributed by atoms with Crippen molar-refractivity contribution >= 4 is 6.09 Å². The number of carbonyl (C=O) groups is 1. The Morgan fingerprint density at radius 1 is 1.29 bits per heavy atom. The van der Waals surface area contributed by atoms with Gasteiger partial charge in [0.2, 0.25) is 0 Å². The average molecular weight is 280 g/mol. The van der Waals surface area contributed by atoms with Gasteiger partial charge in [-0.25, -0.2) is 4.79 Å². The number of ether oxygens (including phenoxy) is 1. The highest BCUT2D eigenvalue weighted by Gasteiger charge is 2.00. The standard InChI is InChI=1S/C17H16N2O2/c1-14-12-15(9-11-18-14)8-5-10-19-17(20)21-13-16-6-3-2-4-7-16/h2-4,6-7,9,11-12H,10,13H2,1H3,(H,19,20). The Morgan fingerprint density at radius 2 is 2.10 bits per heavy atom. The van der Waals surface area contributed by atoms with Gasteiger partial charge in [0.15, 0.2) is 0 Å². The van der Waals surface area contributed by atoms with Gasteiger partial charge < -0.3 is 10.1 Å². The molecular formula is C17H16N2O2. The van der Waals surface area contributed by atoms with Crippen molar-refractivity contribution in [1.82, 2.24) is 10.3 Å². The Labute approximate surface area is 124 Å². The lowest BCUT2D eigenvalue weighted by Gasteiger charge is -2.04. The summed E-state index contributed by atoms with van der Waals surface area (Å²) in [4.78, 5) is 15.6. The third-order valence-corrected chi connectivity index (χ3v) is 2.66. The predicted molar refractivity (Wildman–Crippen MR) is 80.5 cm³/mol. The summed E-state index contributed by atoms with van der Waals surface area (Å²) in [6.45, 7) is 2.41. The third-order valence-electron chi connectivity index (χ3n) is 2.66. The van der Waals surface area contributed by atoms with Gasteiger partial charge in [0.25, 0.3) is 0 Å². The number of nitrogens with one attached hydrogen (secondary N) is 1. The number of amides is 1. The van der Waals surface area contributed by atoms with Crippen LogP contribution < -0.4 is 5.32 Å². The normalized spacial score (nSPS) is 9.38. The second-order valence-corrected chi connectivity index (χ2v) is 4.40. The number of carbonyl (C=O) groups excluding carboxylic acids is 1. The van der Waals surface area contributed by atoms with Crippen molar-refractivity contribution in [3.8, 4) is 11.8 Å². The fourth-order valence-corrected chi connectivity index (χ4v) is 1.66. The first-order chi connectivity index (χ1) is 10.2. The number of alkyl carbamates (subject to hydrolysis) is 1. The maximum absolute atomic E-state index is 11.5. The van der Waals surface area contributed by atoms with Gasteiger partial charge in [-0.05, 0) is 24.6 Å². The number of pyridine rings is 1. The molecule has 2 rings (SSSR count). The molecule has 1 aromatic heterocycles. The number of nitrogens with zero attached hydrogens (tertiary/aromatic N) is 1. The van der Waals surface area contributed by atoms with Crippen molar-refractivity contribution in [2.45, 2.75) is 13.5 Å². The largest absolute Gasteiger partial charge is 0.445 e. The van der Waals surface area contributed by atoms with Crippen molar-refractivity contribution in [3.05, 3.63) is 65.5 Å². The molecule has 2 aromatic rings. The van der Waals surface area contributed by atoms with E-state index in [4.69, 9.17) is 4.74 Å². The first-order valence-electron chi connectivity index (χ1n) is 6.60. The third kappa shape index (κ3) is 5.37. The van der Waals surface area contributed by atoms with Gasteiger partial charge in [-0.1, -0.05) is 42.2 Å². The lowest BCUT2D eigenvalue weighted by molar-refractivity contribution is 0.141. The number of aryl methyl sites for hydroxylation is 1. The Kier molecular flexibility index (Phi) is 5.36. The molecule has 4 nitrogen and oxygen atoms in total. The van der Waals surface area contributed by atoms with E-state index >= 15 is 0 Å². The number of hydrogen-bond acceptors (Lipinski definition) is 3. The number of aromatic nitrogens is 1. The minimum atomic E-state index is -0.473. The van der Waals surface area contributed by atoms with Crippen molar-refractivity contribution in [1.29, 1.82) is 0 Å². The SMILES string of the molecule is Cc1cc(C#CCNC(=O)OCc2ccccc2)ccn1. The molecule has 4 heteroatoms. The maximum Gasteiger partial charge on any atom is 0.408 e. The molecule has 1 amide bonds. The quantitative estimate of drug-likeness (QED) is 0.879. The van der Waals surface area contributed by atoms with Gasteiger partial charge in [0.1, 0.15) is 6.61 Å². The van der Waals surface area contributed by atoms with Crippen LogP contribution in [0, 0.1) is 18.8 Å². The summed E-state index contributed by atoms with van der Waals surface area (Å²) < 4.78 is 5.07. The average Bonchev–Trinajstić information content (AvgIpc) is 2.51. The summed E-state index contributed by atoms with van der Waals surface area (Å²) in [7, 11) is 0. The molecule has 106 valence electrons. The molecule has 1 N–H and O–H groups in total. The van der Waals surface area contributed by atoms with E-state index in [1.807, 2.05) is 49.4 Å². The zero-order valence-corrected chi connectivity index (χ0v) is 11.8. The van der Waals surface area contributed by atoms with Crippen LogP contribution in [0.5, 0.6) is 0 Å². The summed E-state index contributed by atoms with van der Waals surface area (Å²) in [6.07, 6.45) is 1.24. The molecule has 0 radical (unpaired) electrons. The Morgan fingerprint density at radius 3 is 2.86 bits per heavy atom. The van der Waals surface area contributed by atoms with E-state index in [2.05, 4.69) is 22.1 Å². The molecule has 0 aliphatic rings. The van der Waals surface area contributed by atoms with Crippen LogP contribution in [0.3, 0.4) is 0 Å². The Balaban J connectivity index is 1.72. The zero-order valence-electron chi connectivity index (χ0n) is 11.8. The van der Waals surface area contributed by atoms with Crippen LogP contribution in [0.1, 0.15) is 16.8 Å². The smallest absolute Gasteiger partial charge is 0.408 e. The molecule has 1 aromatic carbocycles. The molecular weight excluding hydrogens is 264 g/mol. The van der Waals surface area contributed by atoms with E-state index in [0.717, 1.165) is 16.8 Å². The van der Waals surface area contributed by atoms with Crippen molar-refractivity contribution in [2.24, 2.45) is 0 Å². The molecule has 0 unspecified atom stereocenters. The Hall–Kier alpha value is -2.80. The fourth-order valence-electron chi connectivity index (χ4n) is 1.66. The fraction of sp³-hybridized carbons (Fsp3) is 0.176. The topological polar surface area (TPSA) is 51.2 Å². The van der Waals surface area contributed by atoms with Crippen LogP contribution >= 0.6 is 0 Å². The van der Waals surface area contributed by atoms with Gasteiger partial charge >= 0.3 is 6.09 Å². The summed E-state index contributed by atoms with van der Waals surface area (Å²) in [5.41, 5.74) is 2.74. The minimum Gasteiger partial charge on any atom is -0.445 e. The van der Waals surface area contributed by atoms with Crippen LogP contribution in [0.25, 0.3) is 0 Å². The molecule has 0 aliphatic carbocycles. The van der Waals surface area contributed by atoms with Gasteiger partial charge in [-0.3, -0.25) is 4.98 Å². The number of rotatable bonds is 3. The van der Waals surface area contributed by atoms with Crippen LogP contribution in [0.4, 0.5) is 4.79 Å². The molecule has 0 saturated heterocycles. The van der Waals surface area contributed by atoms with Crippen molar-refractivity contribution in [2.75, 3.05) is 6.54 Å². The summed E-state index contributed by atoms with van der Waals surface area (Å²) >= 11 is 0. The van der Waals surface area contributed by atoms with E-state index in [1.165, 1.54) is 0 Å². The molecule has 1 heterocycles. The summed E-state index contributed by atoms with van der Waals surface area (Å²) in [5, 5.41) is 2.59. The van der Waals surface area contributed by atoms with E-state index in [0.29, 0.717) is 0 Å². The molecule has 0 aliphatic heterocycles. The lowest BCUT2D eigenvalue weighted by atomic mass is 10.2. The lowest BCUT2D eigenvalue weighted by Crippen LogP contribution is -2.24. The summed E-state index contributed by atoms with van der Waals surface area (Å²) in [5.74, 6) is 5.82. The van der Waals surface area contributed by atoms with Gasteiger partial charge in [-0.15, -0.1) is 0 Å². The van der Waals surface area contributed by atoms with Gasteiger partial charge in [-0.2, -0.15) is 0 Å². The second kappa shape index (κ2) is 7.71. The molecule has 0 atom stereocenters. The monoisotopic (exact) mass is 280 g/mol. The first-order valence-corrected chi connectivity index (χ1v) is 6.60. The first kappa shape index (κ1) is 14.6. The Bertz CT molecular complexity index is 657. The minimum absolute atomic E-state index is 0.245. The highest BCUT2D eigenvalue weighted by molar-refractivity contribution is 5.67. The highest BCUT2D eigenvalue weighted by Crippen LogP contribution is 2.00. The molecule has 21 heavy (non-hydrogen) atoms. The maximum atomic E-state index is 11.5. The van der Waals surface area contributed by atoms with Crippen molar-refractivity contribution < 1.29 is 9.53 Å². The molecule has 0 bridgehead atoms. The van der Waals surface area contributed by atoms with Gasteiger partial charge in [0.05, 0.1) is 6.54 Å².